The van der Waals surface area contributed by atoms with Gasteiger partial charge in [0.15, 0.2) is 0 Å². The number of hydrogen-bond donors (Lipinski definition) is 1. The number of ether oxygens (including phenoxy) is 1. The van der Waals surface area contributed by atoms with Crippen molar-refractivity contribution >= 4 is 0 Å². The maximum atomic E-state index is 9.83. The summed E-state index contributed by atoms with van der Waals surface area (Å²) in [5.74, 6) is 0. The molecule has 0 amide bonds. The van der Waals surface area contributed by atoms with Gasteiger partial charge in [0.2, 0.25) is 0 Å². The lowest BCUT2D eigenvalue weighted by molar-refractivity contribution is 0.000399. The van der Waals surface area contributed by atoms with Crippen molar-refractivity contribution in [3.05, 3.63) is 34.9 Å². The van der Waals surface area contributed by atoms with Crippen LogP contribution in [0.4, 0.5) is 0 Å². The van der Waals surface area contributed by atoms with Crippen LogP contribution in [0.2, 0.25) is 0 Å². The maximum Gasteiger partial charge on any atom is 0.0839 e. The molecule has 84 valence electrons. The maximum absolute atomic E-state index is 9.83. The first-order valence-electron chi connectivity index (χ1n) is 5.31. The molecule has 0 heterocycles. The van der Waals surface area contributed by atoms with E-state index in [9.17, 15) is 5.11 Å². The quantitative estimate of drug-likeness (QED) is 0.822. The topological polar surface area (TPSA) is 29.5 Å². The molecular formula is C13H20O2. The van der Waals surface area contributed by atoms with E-state index in [2.05, 4.69) is 32.0 Å². The molecule has 2 nitrogen and oxygen atoms in total. The van der Waals surface area contributed by atoms with Crippen LogP contribution in [-0.4, -0.2) is 24.4 Å². The van der Waals surface area contributed by atoms with E-state index in [0.29, 0.717) is 6.42 Å². The van der Waals surface area contributed by atoms with Crippen LogP contribution in [0.15, 0.2) is 18.2 Å². The van der Waals surface area contributed by atoms with Crippen LogP contribution >= 0.6 is 0 Å². The first-order chi connectivity index (χ1) is 7.02. The van der Waals surface area contributed by atoms with E-state index in [4.69, 9.17) is 4.74 Å². The first-order valence-corrected chi connectivity index (χ1v) is 5.31. The molecule has 2 atom stereocenters. The average Bonchev–Trinajstić information content (AvgIpc) is 2.14. The molecule has 0 saturated heterocycles. The lowest BCUT2D eigenvalue weighted by Gasteiger charge is -2.17. The van der Waals surface area contributed by atoms with E-state index >= 15 is 0 Å². The van der Waals surface area contributed by atoms with Crippen molar-refractivity contribution in [2.24, 2.45) is 0 Å². The number of benzene rings is 1. The van der Waals surface area contributed by atoms with Crippen LogP contribution in [0.5, 0.6) is 0 Å². The highest BCUT2D eigenvalue weighted by molar-refractivity contribution is 5.29. The molecule has 2 heteroatoms. The lowest BCUT2D eigenvalue weighted by Crippen LogP contribution is -2.26. The van der Waals surface area contributed by atoms with Crippen LogP contribution in [0, 0.1) is 13.8 Å². The predicted molar refractivity (Wildman–Crippen MR) is 62.1 cm³/mol. The fraction of sp³-hybridized carbons (Fsp3) is 0.538. The highest BCUT2D eigenvalue weighted by Gasteiger charge is 2.13. The number of aliphatic hydroxyl groups is 1. The monoisotopic (exact) mass is 208 g/mol. The molecule has 1 aromatic rings. The molecule has 0 saturated carbocycles. The molecule has 0 spiro atoms. The Balaban J connectivity index is 2.72. The van der Waals surface area contributed by atoms with Crippen molar-refractivity contribution in [2.45, 2.75) is 39.4 Å². The molecule has 0 aromatic heterocycles. The third-order valence-corrected chi connectivity index (χ3v) is 2.64. The van der Waals surface area contributed by atoms with Crippen LogP contribution in [0.1, 0.15) is 23.6 Å². The van der Waals surface area contributed by atoms with E-state index in [1.165, 1.54) is 16.7 Å². The summed E-state index contributed by atoms with van der Waals surface area (Å²) in [4.78, 5) is 0. The van der Waals surface area contributed by atoms with Gasteiger partial charge < -0.3 is 9.84 Å². The average molecular weight is 208 g/mol. The van der Waals surface area contributed by atoms with Crippen LogP contribution < -0.4 is 0 Å². The highest BCUT2D eigenvalue weighted by Crippen LogP contribution is 2.12. The van der Waals surface area contributed by atoms with Crippen LogP contribution in [0.25, 0.3) is 0 Å². The smallest absolute Gasteiger partial charge is 0.0839 e. The summed E-state index contributed by atoms with van der Waals surface area (Å²) in [5, 5.41) is 9.83. The van der Waals surface area contributed by atoms with Crippen molar-refractivity contribution in [2.75, 3.05) is 7.11 Å². The zero-order chi connectivity index (χ0) is 11.4. The normalized spacial score (nSPS) is 15.0. The van der Waals surface area contributed by atoms with E-state index in [1.807, 2.05) is 6.92 Å². The van der Waals surface area contributed by atoms with Crippen LogP contribution in [-0.2, 0) is 11.2 Å². The second-order valence-electron chi connectivity index (χ2n) is 4.21. The summed E-state index contributed by atoms with van der Waals surface area (Å²) in [6.07, 6.45) is 0.0966. The fourth-order valence-corrected chi connectivity index (χ4v) is 1.75. The summed E-state index contributed by atoms with van der Waals surface area (Å²) in [6, 6.07) is 6.35. The van der Waals surface area contributed by atoms with Crippen molar-refractivity contribution in [1.82, 2.24) is 0 Å². The number of aliphatic hydroxyl groups excluding tert-OH is 1. The molecule has 1 N–H and O–H groups in total. The van der Waals surface area contributed by atoms with Gasteiger partial charge in [-0.25, -0.2) is 0 Å². The molecule has 0 radical (unpaired) electrons. The van der Waals surface area contributed by atoms with Gasteiger partial charge >= 0.3 is 0 Å². The predicted octanol–water partition coefficient (Wildman–Crippen LogP) is 2.24. The minimum Gasteiger partial charge on any atom is -0.390 e. The van der Waals surface area contributed by atoms with Crippen molar-refractivity contribution in [3.63, 3.8) is 0 Å². The molecule has 0 aliphatic heterocycles. The summed E-state index contributed by atoms with van der Waals surface area (Å²) in [7, 11) is 1.62. The largest absolute Gasteiger partial charge is 0.390 e. The lowest BCUT2D eigenvalue weighted by atomic mass is 10.0. The Morgan fingerprint density at radius 3 is 2.20 bits per heavy atom. The van der Waals surface area contributed by atoms with Gasteiger partial charge in [0.25, 0.3) is 0 Å². The fourth-order valence-electron chi connectivity index (χ4n) is 1.75. The van der Waals surface area contributed by atoms with Gasteiger partial charge in [0, 0.05) is 13.5 Å². The van der Waals surface area contributed by atoms with Gasteiger partial charge in [-0.1, -0.05) is 29.3 Å². The SMILES string of the molecule is COC(C)C(O)Cc1cc(C)cc(C)c1. The van der Waals surface area contributed by atoms with E-state index in [-0.39, 0.29) is 6.10 Å². The Morgan fingerprint density at radius 2 is 1.73 bits per heavy atom. The Hall–Kier alpha value is -0.860. The molecule has 0 bridgehead atoms. The standard InChI is InChI=1S/C13H20O2/c1-9-5-10(2)7-12(6-9)8-13(14)11(3)15-4/h5-7,11,13-14H,8H2,1-4H3. The summed E-state index contributed by atoms with van der Waals surface area (Å²) >= 11 is 0. The minimum absolute atomic E-state index is 0.120. The highest BCUT2D eigenvalue weighted by atomic mass is 16.5. The zero-order valence-corrected chi connectivity index (χ0v) is 9.95. The van der Waals surface area contributed by atoms with Crippen molar-refractivity contribution in [1.29, 1.82) is 0 Å². The Labute approximate surface area is 91.9 Å². The van der Waals surface area contributed by atoms with Gasteiger partial charge in [-0.05, 0) is 26.3 Å². The first kappa shape index (κ1) is 12.2. The van der Waals surface area contributed by atoms with Gasteiger partial charge in [-0.2, -0.15) is 0 Å². The molecule has 0 aliphatic rings. The number of rotatable bonds is 4. The second-order valence-corrected chi connectivity index (χ2v) is 4.21. The minimum atomic E-state index is -0.434. The third kappa shape index (κ3) is 3.65. The zero-order valence-electron chi connectivity index (χ0n) is 9.95. The number of aryl methyl sites for hydroxylation is 2. The van der Waals surface area contributed by atoms with Gasteiger partial charge in [-0.3, -0.25) is 0 Å². The van der Waals surface area contributed by atoms with Crippen molar-refractivity contribution < 1.29 is 9.84 Å². The number of methoxy groups -OCH3 is 1. The number of hydrogen-bond acceptors (Lipinski definition) is 2. The molecule has 1 aromatic carbocycles. The van der Waals surface area contributed by atoms with Gasteiger partial charge in [0.05, 0.1) is 12.2 Å². The van der Waals surface area contributed by atoms with Gasteiger partial charge in [-0.15, -0.1) is 0 Å². The Bertz CT molecular complexity index is 300. The van der Waals surface area contributed by atoms with E-state index < -0.39 is 6.10 Å². The van der Waals surface area contributed by atoms with Crippen LogP contribution in [0.3, 0.4) is 0 Å². The van der Waals surface area contributed by atoms with E-state index in [1.54, 1.807) is 7.11 Å². The molecular weight excluding hydrogens is 188 g/mol. The summed E-state index contributed by atoms with van der Waals surface area (Å²) in [6.45, 7) is 6.03. The molecule has 1 rings (SSSR count). The van der Waals surface area contributed by atoms with E-state index in [0.717, 1.165) is 0 Å². The van der Waals surface area contributed by atoms with Crippen molar-refractivity contribution in [3.8, 4) is 0 Å². The van der Waals surface area contributed by atoms with Gasteiger partial charge in [0.1, 0.15) is 0 Å². The molecule has 15 heavy (non-hydrogen) atoms. The Kier molecular flexibility index (Phi) is 4.30. The second kappa shape index (κ2) is 5.29. The molecule has 2 unspecified atom stereocenters. The summed E-state index contributed by atoms with van der Waals surface area (Å²) in [5.41, 5.74) is 3.65. The summed E-state index contributed by atoms with van der Waals surface area (Å²) < 4.78 is 5.09. The molecule has 0 fully saturated rings. The Morgan fingerprint density at radius 1 is 1.20 bits per heavy atom. The third-order valence-electron chi connectivity index (χ3n) is 2.64. The molecule has 0 aliphatic carbocycles.